The van der Waals surface area contributed by atoms with Gasteiger partial charge in [-0.3, -0.25) is 4.72 Å². The third kappa shape index (κ3) is 6.07. The Kier molecular flexibility index (Phi) is 6.75. The summed E-state index contributed by atoms with van der Waals surface area (Å²) in [5.41, 5.74) is 0.0522. The zero-order chi connectivity index (χ0) is 22.8. The molecule has 2 N–H and O–H groups in total. The van der Waals surface area contributed by atoms with Crippen molar-refractivity contribution in [1.82, 2.24) is 15.1 Å². The molecule has 0 saturated carbocycles. The van der Waals surface area contributed by atoms with Crippen LogP contribution in [0.2, 0.25) is 0 Å². The van der Waals surface area contributed by atoms with Gasteiger partial charge in [-0.15, -0.1) is 10.2 Å². The molecule has 0 amide bonds. The van der Waals surface area contributed by atoms with E-state index in [2.05, 4.69) is 32.1 Å². The average Bonchev–Trinajstić information content (AvgIpc) is 2.67. The second kappa shape index (κ2) is 8.99. The van der Waals surface area contributed by atoms with Gasteiger partial charge in [-0.2, -0.15) is 13.2 Å². The number of piperidine rings is 1. The fraction of sp³-hybridized carbons (Fsp3) is 0.500. The van der Waals surface area contributed by atoms with Gasteiger partial charge in [0.1, 0.15) is 5.82 Å². The van der Waals surface area contributed by atoms with E-state index in [-0.39, 0.29) is 17.3 Å². The molecule has 0 unspecified atom stereocenters. The fourth-order valence-electron chi connectivity index (χ4n) is 3.70. The van der Waals surface area contributed by atoms with Gasteiger partial charge >= 0.3 is 6.18 Å². The van der Waals surface area contributed by atoms with Crippen molar-refractivity contribution in [2.24, 2.45) is 0 Å². The Morgan fingerprint density at radius 2 is 1.97 bits per heavy atom. The molecule has 2 heterocycles. The summed E-state index contributed by atoms with van der Waals surface area (Å²) in [6.45, 7) is 6.83. The maximum Gasteiger partial charge on any atom is 0.416 e. The molecule has 1 aromatic heterocycles. The first kappa shape index (κ1) is 23.3. The van der Waals surface area contributed by atoms with Crippen LogP contribution < -0.4 is 10.0 Å². The zero-order valence-electron chi connectivity index (χ0n) is 17.6. The van der Waals surface area contributed by atoms with E-state index in [1.807, 2.05) is 0 Å². The van der Waals surface area contributed by atoms with Crippen molar-refractivity contribution in [3.8, 4) is 11.3 Å². The van der Waals surface area contributed by atoms with Crippen LogP contribution in [0.5, 0.6) is 0 Å². The Labute approximate surface area is 180 Å². The van der Waals surface area contributed by atoms with Crippen molar-refractivity contribution in [1.29, 1.82) is 0 Å². The van der Waals surface area contributed by atoms with Crippen LogP contribution in [-0.2, 0) is 16.2 Å². The number of alkyl halides is 3. The first-order valence-corrected chi connectivity index (χ1v) is 11.9. The predicted octanol–water partition coefficient (Wildman–Crippen LogP) is 3.74. The second-order valence-corrected chi connectivity index (χ2v) is 9.52. The van der Waals surface area contributed by atoms with Gasteiger partial charge in [-0.1, -0.05) is 13.0 Å². The van der Waals surface area contributed by atoms with Crippen LogP contribution in [0.3, 0.4) is 0 Å². The summed E-state index contributed by atoms with van der Waals surface area (Å²) in [4.78, 5) is 2.35. The molecule has 1 aromatic carbocycles. The molecule has 0 bridgehead atoms. The topological polar surface area (TPSA) is 87.2 Å². The van der Waals surface area contributed by atoms with Crippen LogP contribution in [0.15, 0.2) is 24.3 Å². The van der Waals surface area contributed by atoms with Crippen LogP contribution in [0, 0.1) is 6.92 Å². The molecule has 7 nitrogen and oxygen atoms in total. The summed E-state index contributed by atoms with van der Waals surface area (Å²) in [6.07, 6.45) is -1.62. The fourth-order valence-corrected chi connectivity index (χ4v) is 4.27. The first-order valence-electron chi connectivity index (χ1n) is 9.99. The highest BCUT2D eigenvalue weighted by Crippen LogP contribution is 2.36. The highest BCUT2D eigenvalue weighted by molar-refractivity contribution is 7.92. The number of likely N-dealkylation sites (tertiary alicyclic amines) is 1. The molecule has 11 heteroatoms. The van der Waals surface area contributed by atoms with E-state index in [0.717, 1.165) is 50.9 Å². The van der Waals surface area contributed by atoms with Crippen molar-refractivity contribution in [2.75, 3.05) is 35.9 Å². The number of sulfonamides is 1. The lowest BCUT2D eigenvalue weighted by Crippen LogP contribution is -2.42. The van der Waals surface area contributed by atoms with Crippen LogP contribution in [0.4, 0.5) is 24.7 Å². The molecule has 1 fully saturated rings. The van der Waals surface area contributed by atoms with Gasteiger partial charge in [0.2, 0.25) is 10.0 Å². The third-order valence-electron chi connectivity index (χ3n) is 5.19. The lowest BCUT2D eigenvalue weighted by atomic mass is 10.0. The third-order valence-corrected chi connectivity index (χ3v) is 5.78. The minimum atomic E-state index is -4.60. The number of rotatable bonds is 6. The minimum absolute atomic E-state index is 0.193. The average molecular weight is 458 g/mol. The molecule has 0 aliphatic carbocycles. The van der Waals surface area contributed by atoms with E-state index in [9.17, 15) is 21.6 Å². The van der Waals surface area contributed by atoms with Gasteiger partial charge in [0, 0.05) is 18.2 Å². The van der Waals surface area contributed by atoms with Crippen LogP contribution >= 0.6 is 0 Å². The number of aromatic nitrogens is 2. The molecule has 1 aliphatic rings. The Balaban J connectivity index is 1.91. The van der Waals surface area contributed by atoms with Gasteiger partial charge in [-0.05, 0) is 56.6 Å². The number of anilines is 2. The van der Waals surface area contributed by atoms with Crippen molar-refractivity contribution in [3.05, 3.63) is 35.4 Å². The molecule has 0 radical (unpaired) electrons. The number of halogens is 3. The van der Waals surface area contributed by atoms with E-state index in [1.165, 1.54) is 6.07 Å². The molecular formula is C20H26F3N5O2S. The lowest BCUT2D eigenvalue weighted by Gasteiger charge is -2.32. The Hall–Kier alpha value is -2.40. The molecule has 1 saturated heterocycles. The van der Waals surface area contributed by atoms with Crippen molar-refractivity contribution < 1.29 is 21.6 Å². The second-order valence-electron chi connectivity index (χ2n) is 7.77. The monoisotopic (exact) mass is 457 g/mol. The number of benzene rings is 1. The van der Waals surface area contributed by atoms with Gasteiger partial charge in [0.05, 0.1) is 23.2 Å². The summed E-state index contributed by atoms with van der Waals surface area (Å²) in [5, 5.41) is 11.8. The van der Waals surface area contributed by atoms with Crippen molar-refractivity contribution in [3.63, 3.8) is 0 Å². The highest BCUT2D eigenvalue weighted by Gasteiger charge is 2.31. The molecule has 2 aromatic rings. The smallest absolute Gasteiger partial charge is 0.365 e. The van der Waals surface area contributed by atoms with E-state index < -0.39 is 21.8 Å². The minimum Gasteiger partial charge on any atom is -0.365 e. The van der Waals surface area contributed by atoms with Gasteiger partial charge in [0.15, 0.2) is 0 Å². The molecule has 1 atom stereocenters. The maximum atomic E-state index is 13.1. The van der Waals surface area contributed by atoms with Crippen LogP contribution in [0.1, 0.15) is 30.9 Å². The standard InChI is InChI=1S/C20H26F3N5O2S/c1-4-28-9-5-6-15(12-28)24-18-10-13(2)19(26-25-18)16-8-7-14(20(21,22)23)11-17(16)27-31(3,29)30/h7-8,10-11,15,27H,4-6,9,12H2,1-3H3,(H,24,25)/t15-/m1/s1. The number of nitrogens with zero attached hydrogens (tertiary/aromatic N) is 3. The SMILES string of the molecule is CCN1CCC[C@@H](Nc2cc(C)c(-c3ccc(C(F)(F)F)cc3NS(C)(=O)=O)nn2)C1. The number of hydrogen-bond donors (Lipinski definition) is 2. The van der Waals surface area contributed by atoms with E-state index in [0.29, 0.717) is 17.1 Å². The molecule has 0 spiro atoms. The molecule has 170 valence electrons. The summed E-state index contributed by atoms with van der Waals surface area (Å²) < 4.78 is 65.0. The quantitative estimate of drug-likeness (QED) is 0.687. The first-order chi connectivity index (χ1) is 14.5. The predicted molar refractivity (Wildman–Crippen MR) is 114 cm³/mol. The number of hydrogen-bond acceptors (Lipinski definition) is 6. The Bertz CT molecular complexity index is 1040. The Morgan fingerprint density at radius 1 is 1.23 bits per heavy atom. The normalized spacial score (nSPS) is 18.1. The van der Waals surface area contributed by atoms with Gasteiger partial charge in [0.25, 0.3) is 0 Å². The zero-order valence-corrected chi connectivity index (χ0v) is 18.4. The largest absolute Gasteiger partial charge is 0.416 e. The summed E-state index contributed by atoms with van der Waals surface area (Å²) in [7, 11) is -3.80. The van der Waals surface area contributed by atoms with E-state index >= 15 is 0 Å². The van der Waals surface area contributed by atoms with E-state index in [1.54, 1.807) is 13.0 Å². The Morgan fingerprint density at radius 3 is 2.58 bits per heavy atom. The summed E-state index contributed by atoms with van der Waals surface area (Å²) in [6, 6.07) is 4.89. The molecule has 31 heavy (non-hydrogen) atoms. The number of aryl methyl sites for hydroxylation is 1. The number of nitrogens with one attached hydrogen (secondary N) is 2. The summed E-state index contributed by atoms with van der Waals surface area (Å²) in [5.74, 6) is 0.578. The molecule has 3 rings (SSSR count). The maximum absolute atomic E-state index is 13.1. The lowest BCUT2D eigenvalue weighted by molar-refractivity contribution is -0.137. The molecule has 1 aliphatic heterocycles. The molecular weight excluding hydrogens is 431 g/mol. The van der Waals surface area contributed by atoms with Gasteiger partial charge < -0.3 is 10.2 Å². The summed E-state index contributed by atoms with van der Waals surface area (Å²) >= 11 is 0. The van der Waals surface area contributed by atoms with Crippen LogP contribution in [0.25, 0.3) is 11.3 Å². The van der Waals surface area contributed by atoms with Crippen molar-refractivity contribution in [2.45, 2.75) is 38.9 Å². The van der Waals surface area contributed by atoms with Crippen LogP contribution in [-0.4, -0.2) is 55.4 Å². The number of likely N-dealkylation sites (N-methyl/N-ethyl adjacent to an activating group) is 1. The van der Waals surface area contributed by atoms with E-state index in [4.69, 9.17) is 0 Å². The van der Waals surface area contributed by atoms with Gasteiger partial charge in [-0.25, -0.2) is 8.42 Å². The van der Waals surface area contributed by atoms with Crippen molar-refractivity contribution >= 4 is 21.5 Å². The highest BCUT2D eigenvalue weighted by atomic mass is 32.2.